The molecule has 0 saturated carbocycles. The number of hydrogen-bond donors (Lipinski definition) is 0. The summed E-state index contributed by atoms with van der Waals surface area (Å²) >= 11 is 0. The second-order valence-electron chi connectivity index (χ2n) is 7.07. The van der Waals surface area contributed by atoms with Crippen molar-refractivity contribution in [3.05, 3.63) is 48.0 Å². The van der Waals surface area contributed by atoms with Crippen LogP contribution in [0, 0.1) is 6.92 Å². The van der Waals surface area contributed by atoms with E-state index in [-0.39, 0.29) is 17.4 Å². The van der Waals surface area contributed by atoms with Crippen molar-refractivity contribution in [2.75, 3.05) is 19.6 Å². The Morgan fingerprint density at radius 2 is 1.96 bits per heavy atom. The molecule has 2 heterocycles. The number of hydrogen-bond acceptors (Lipinski definition) is 2. The maximum absolute atomic E-state index is 12.9. The Labute approximate surface area is 144 Å². The van der Waals surface area contributed by atoms with Gasteiger partial charge in [0.05, 0.1) is 5.54 Å². The van der Waals surface area contributed by atoms with E-state index in [0.717, 1.165) is 43.4 Å². The van der Waals surface area contributed by atoms with Crippen LogP contribution in [0.4, 0.5) is 0 Å². The number of amides is 2. The van der Waals surface area contributed by atoms with Crippen LogP contribution in [0.2, 0.25) is 0 Å². The van der Waals surface area contributed by atoms with Gasteiger partial charge in [-0.2, -0.15) is 0 Å². The molecule has 2 aliphatic rings. The molecule has 0 aliphatic carbocycles. The Balaban J connectivity index is 1.82. The maximum Gasteiger partial charge on any atom is 0.253 e. The molecule has 4 nitrogen and oxygen atoms in total. The smallest absolute Gasteiger partial charge is 0.253 e. The second kappa shape index (κ2) is 6.80. The number of piperidine rings is 2. The van der Waals surface area contributed by atoms with E-state index in [2.05, 4.69) is 6.58 Å². The summed E-state index contributed by atoms with van der Waals surface area (Å²) in [5, 5.41) is 0. The number of nitrogens with zero attached hydrogens (tertiary/aromatic N) is 2. The van der Waals surface area contributed by atoms with Gasteiger partial charge in [-0.25, -0.2) is 0 Å². The van der Waals surface area contributed by atoms with Gasteiger partial charge in [-0.3, -0.25) is 9.59 Å². The zero-order valence-electron chi connectivity index (χ0n) is 14.5. The molecular weight excluding hydrogens is 300 g/mol. The van der Waals surface area contributed by atoms with Gasteiger partial charge in [0.2, 0.25) is 5.91 Å². The van der Waals surface area contributed by atoms with E-state index in [9.17, 15) is 9.59 Å². The standard InChI is InChI=1S/C20H26N2O2/c1-3-13-22-18(23)6-4-11-20(22)12-5-14-21(15-20)19(24)17-9-7-16(2)8-10-17/h3,7-10H,1,4-6,11-15H2,2H3/t20-/m0/s1. The third-order valence-electron chi connectivity index (χ3n) is 5.36. The van der Waals surface area contributed by atoms with E-state index in [1.807, 2.05) is 41.0 Å². The topological polar surface area (TPSA) is 40.6 Å². The molecule has 24 heavy (non-hydrogen) atoms. The van der Waals surface area contributed by atoms with Gasteiger partial charge in [-0.1, -0.05) is 23.8 Å². The molecule has 0 bridgehead atoms. The van der Waals surface area contributed by atoms with Crippen LogP contribution in [0.15, 0.2) is 36.9 Å². The molecule has 1 aromatic rings. The molecule has 1 atom stereocenters. The van der Waals surface area contributed by atoms with E-state index in [1.54, 1.807) is 6.08 Å². The lowest BCUT2D eigenvalue weighted by molar-refractivity contribution is -0.143. The van der Waals surface area contributed by atoms with Gasteiger partial charge in [-0.15, -0.1) is 6.58 Å². The van der Waals surface area contributed by atoms with Crippen LogP contribution >= 0.6 is 0 Å². The summed E-state index contributed by atoms with van der Waals surface area (Å²) in [6, 6.07) is 7.74. The minimum absolute atomic E-state index is 0.0747. The molecule has 2 fully saturated rings. The monoisotopic (exact) mass is 326 g/mol. The van der Waals surface area contributed by atoms with Crippen molar-refractivity contribution in [1.82, 2.24) is 9.80 Å². The molecule has 1 aromatic carbocycles. The normalized spacial score (nSPS) is 24.3. The fraction of sp³-hybridized carbons (Fsp3) is 0.500. The van der Waals surface area contributed by atoms with Gasteiger partial charge in [0, 0.05) is 31.6 Å². The third-order valence-corrected chi connectivity index (χ3v) is 5.36. The maximum atomic E-state index is 12.9. The van der Waals surface area contributed by atoms with Crippen LogP contribution in [0.5, 0.6) is 0 Å². The molecule has 2 aliphatic heterocycles. The Morgan fingerprint density at radius 3 is 2.67 bits per heavy atom. The van der Waals surface area contributed by atoms with Crippen molar-refractivity contribution in [2.24, 2.45) is 0 Å². The largest absolute Gasteiger partial charge is 0.336 e. The van der Waals surface area contributed by atoms with Crippen LogP contribution in [0.25, 0.3) is 0 Å². The fourth-order valence-electron chi connectivity index (χ4n) is 4.12. The molecule has 2 amide bonds. The molecule has 0 aromatic heterocycles. The third kappa shape index (κ3) is 3.10. The minimum atomic E-state index is -0.206. The number of likely N-dealkylation sites (tertiary alicyclic amines) is 2. The average Bonchev–Trinajstić information content (AvgIpc) is 2.59. The first-order valence-electron chi connectivity index (χ1n) is 8.83. The van der Waals surface area contributed by atoms with Crippen LogP contribution in [0.3, 0.4) is 0 Å². The van der Waals surface area contributed by atoms with Crippen molar-refractivity contribution < 1.29 is 9.59 Å². The molecule has 2 saturated heterocycles. The second-order valence-corrected chi connectivity index (χ2v) is 7.07. The van der Waals surface area contributed by atoms with Gasteiger partial charge < -0.3 is 9.80 Å². The molecule has 0 unspecified atom stereocenters. The summed E-state index contributed by atoms with van der Waals surface area (Å²) in [5.41, 5.74) is 1.68. The summed E-state index contributed by atoms with van der Waals surface area (Å²) in [4.78, 5) is 29.2. The number of carbonyl (C=O) groups is 2. The quantitative estimate of drug-likeness (QED) is 0.801. The first kappa shape index (κ1) is 16.7. The highest BCUT2D eigenvalue weighted by Gasteiger charge is 2.45. The molecular formula is C20H26N2O2. The van der Waals surface area contributed by atoms with Gasteiger partial charge in [0.15, 0.2) is 0 Å². The van der Waals surface area contributed by atoms with E-state index in [0.29, 0.717) is 19.5 Å². The summed E-state index contributed by atoms with van der Waals surface area (Å²) in [7, 11) is 0. The van der Waals surface area contributed by atoms with Crippen molar-refractivity contribution >= 4 is 11.8 Å². The lowest BCUT2D eigenvalue weighted by atomic mass is 9.79. The van der Waals surface area contributed by atoms with E-state index in [4.69, 9.17) is 0 Å². The van der Waals surface area contributed by atoms with Gasteiger partial charge in [-0.05, 0) is 44.7 Å². The first-order chi connectivity index (χ1) is 11.6. The summed E-state index contributed by atoms with van der Waals surface area (Å²) in [6.07, 6.45) is 6.22. The van der Waals surface area contributed by atoms with E-state index >= 15 is 0 Å². The summed E-state index contributed by atoms with van der Waals surface area (Å²) in [6.45, 7) is 7.80. The fourth-order valence-corrected chi connectivity index (χ4v) is 4.12. The van der Waals surface area contributed by atoms with E-state index in [1.165, 1.54) is 0 Å². The summed E-state index contributed by atoms with van der Waals surface area (Å²) in [5.74, 6) is 0.274. The lowest BCUT2D eigenvalue weighted by Crippen LogP contribution is -2.63. The van der Waals surface area contributed by atoms with E-state index < -0.39 is 0 Å². The van der Waals surface area contributed by atoms with Crippen molar-refractivity contribution in [2.45, 2.75) is 44.6 Å². The SMILES string of the molecule is C=CCN1C(=O)CCC[C@@]12CCCN(C(=O)c1ccc(C)cc1)C2. The number of rotatable bonds is 3. The number of carbonyl (C=O) groups excluding carboxylic acids is 2. The van der Waals surface area contributed by atoms with Crippen LogP contribution < -0.4 is 0 Å². The Kier molecular flexibility index (Phi) is 4.74. The molecule has 3 rings (SSSR count). The zero-order valence-corrected chi connectivity index (χ0v) is 14.5. The summed E-state index contributed by atoms with van der Waals surface area (Å²) < 4.78 is 0. The molecule has 1 spiro atoms. The van der Waals surface area contributed by atoms with Crippen LogP contribution in [-0.2, 0) is 4.79 Å². The van der Waals surface area contributed by atoms with Crippen molar-refractivity contribution in [3.8, 4) is 0 Å². The van der Waals surface area contributed by atoms with Crippen LogP contribution in [0.1, 0.15) is 48.0 Å². The predicted molar refractivity (Wildman–Crippen MR) is 94.8 cm³/mol. The molecule has 0 N–H and O–H groups in total. The number of benzene rings is 1. The minimum Gasteiger partial charge on any atom is -0.336 e. The first-order valence-corrected chi connectivity index (χ1v) is 8.83. The Bertz CT molecular complexity index is 634. The lowest BCUT2D eigenvalue weighted by Gasteiger charge is -2.52. The molecule has 4 heteroatoms. The highest BCUT2D eigenvalue weighted by Crippen LogP contribution is 2.37. The Morgan fingerprint density at radius 1 is 1.25 bits per heavy atom. The van der Waals surface area contributed by atoms with Gasteiger partial charge >= 0.3 is 0 Å². The molecule has 128 valence electrons. The highest BCUT2D eigenvalue weighted by atomic mass is 16.2. The van der Waals surface area contributed by atoms with Crippen LogP contribution in [-0.4, -0.2) is 46.8 Å². The van der Waals surface area contributed by atoms with Gasteiger partial charge in [0.1, 0.15) is 0 Å². The van der Waals surface area contributed by atoms with Crippen molar-refractivity contribution in [3.63, 3.8) is 0 Å². The average molecular weight is 326 g/mol. The molecule has 0 radical (unpaired) electrons. The predicted octanol–water partition coefficient (Wildman–Crippen LogP) is 3.17. The highest BCUT2D eigenvalue weighted by molar-refractivity contribution is 5.94. The Hall–Kier alpha value is -2.10. The van der Waals surface area contributed by atoms with Crippen molar-refractivity contribution in [1.29, 1.82) is 0 Å². The van der Waals surface area contributed by atoms with Gasteiger partial charge in [0.25, 0.3) is 5.91 Å². The number of aryl methyl sites for hydroxylation is 1. The zero-order chi connectivity index (χ0) is 17.2.